The van der Waals surface area contributed by atoms with Crippen LogP contribution in [0, 0.1) is 0 Å². The van der Waals surface area contributed by atoms with Gasteiger partial charge in [0.1, 0.15) is 0 Å². The highest BCUT2D eigenvalue weighted by atomic mass is 32.2. The topological polar surface area (TPSA) is 55.4 Å². The molecule has 1 heterocycles. The molecule has 56 valence electrons. The Hall–Kier alpha value is -0.510. The van der Waals surface area contributed by atoms with Gasteiger partial charge in [0.05, 0.1) is 5.25 Å². The molecule has 1 unspecified atom stereocenters. The van der Waals surface area contributed by atoms with Crippen LogP contribution >= 0.6 is 11.8 Å². The number of hydrogen-bond donors (Lipinski definition) is 1. The molecule has 0 bridgehead atoms. The van der Waals surface area contributed by atoms with Crippen LogP contribution in [0.3, 0.4) is 0 Å². The summed E-state index contributed by atoms with van der Waals surface area (Å²) < 4.78 is 0. The molecule has 1 rings (SSSR count). The summed E-state index contributed by atoms with van der Waals surface area (Å²) in [6.07, 6.45) is 1.89. The van der Waals surface area contributed by atoms with Gasteiger partial charge in [-0.15, -0.1) is 0 Å². The molecule has 1 atom stereocenters. The number of thioether (sulfide) groups is 1. The van der Waals surface area contributed by atoms with Crippen molar-refractivity contribution in [2.75, 3.05) is 0 Å². The summed E-state index contributed by atoms with van der Waals surface area (Å²) in [6, 6.07) is 0. The fraction of sp³-hybridized carbons (Fsp3) is 0.667. The van der Waals surface area contributed by atoms with Gasteiger partial charge in [0.15, 0.2) is 5.17 Å². The van der Waals surface area contributed by atoms with Crippen LogP contribution in [-0.2, 0) is 4.79 Å². The lowest BCUT2D eigenvalue weighted by atomic mass is 10.2. The molecule has 4 heteroatoms. The maximum absolute atomic E-state index is 10.9. The summed E-state index contributed by atoms with van der Waals surface area (Å²) in [7, 11) is 0. The van der Waals surface area contributed by atoms with Crippen molar-refractivity contribution in [3.63, 3.8) is 0 Å². The Morgan fingerprint density at radius 1 is 1.80 bits per heavy atom. The number of nitrogens with two attached hydrogens (primary N) is 1. The zero-order chi connectivity index (χ0) is 7.56. The lowest BCUT2D eigenvalue weighted by molar-refractivity contribution is -0.117. The lowest BCUT2D eigenvalue weighted by Gasteiger charge is -2.00. The first-order valence-corrected chi connectivity index (χ1v) is 4.16. The molecule has 2 N–H and O–H groups in total. The van der Waals surface area contributed by atoms with Gasteiger partial charge in [-0.05, 0) is 6.42 Å². The third kappa shape index (κ3) is 1.50. The van der Waals surface area contributed by atoms with E-state index in [1.807, 2.05) is 6.92 Å². The molecule has 0 spiro atoms. The summed E-state index contributed by atoms with van der Waals surface area (Å²) >= 11 is 1.38. The predicted molar refractivity (Wildman–Crippen MR) is 42.9 cm³/mol. The number of amidine groups is 1. The highest BCUT2D eigenvalue weighted by Gasteiger charge is 2.25. The number of aliphatic imine (C=N–C) groups is 1. The van der Waals surface area contributed by atoms with E-state index in [0.717, 1.165) is 12.8 Å². The molecule has 0 fully saturated rings. The van der Waals surface area contributed by atoms with Gasteiger partial charge >= 0.3 is 0 Å². The first kappa shape index (κ1) is 7.60. The minimum absolute atomic E-state index is 0.00463. The maximum Gasteiger partial charge on any atom is 0.261 e. The predicted octanol–water partition coefficient (Wildman–Crippen LogP) is 0.743. The van der Waals surface area contributed by atoms with E-state index in [9.17, 15) is 4.79 Å². The molecule has 0 saturated carbocycles. The van der Waals surface area contributed by atoms with E-state index in [0.29, 0.717) is 5.17 Å². The van der Waals surface area contributed by atoms with E-state index < -0.39 is 0 Å². The van der Waals surface area contributed by atoms with Crippen LogP contribution in [0.4, 0.5) is 0 Å². The fourth-order valence-corrected chi connectivity index (χ4v) is 1.79. The van der Waals surface area contributed by atoms with Gasteiger partial charge in [-0.3, -0.25) is 4.79 Å². The number of carbonyl (C=O) groups excluding carboxylic acids is 1. The summed E-state index contributed by atoms with van der Waals surface area (Å²) in [4.78, 5) is 14.5. The largest absolute Gasteiger partial charge is 0.378 e. The smallest absolute Gasteiger partial charge is 0.261 e. The Morgan fingerprint density at radius 3 is 2.90 bits per heavy atom. The molecule has 0 aromatic carbocycles. The second kappa shape index (κ2) is 3.05. The summed E-state index contributed by atoms with van der Waals surface area (Å²) in [5, 5.41) is 0.424. The molecule has 1 aliphatic rings. The van der Waals surface area contributed by atoms with Crippen molar-refractivity contribution < 1.29 is 4.79 Å². The zero-order valence-electron chi connectivity index (χ0n) is 5.83. The molecule has 0 aliphatic carbocycles. The number of nitrogens with zero attached hydrogens (tertiary/aromatic N) is 1. The van der Waals surface area contributed by atoms with Crippen molar-refractivity contribution in [1.82, 2.24) is 0 Å². The van der Waals surface area contributed by atoms with E-state index in [-0.39, 0.29) is 11.2 Å². The minimum Gasteiger partial charge on any atom is -0.378 e. The monoisotopic (exact) mass is 158 g/mol. The number of carbonyl (C=O) groups is 1. The van der Waals surface area contributed by atoms with E-state index in [1.165, 1.54) is 11.8 Å². The normalized spacial score (nSPS) is 25.1. The van der Waals surface area contributed by atoms with E-state index in [4.69, 9.17) is 5.73 Å². The SMILES string of the molecule is CCCC1SC(N)=NC1=O. The Bertz CT molecular complexity index is 179. The van der Waals surface area contributed by atoms with Crippen molar-refractivity contribution in [3.8, 4) is 0 Å². The van der Waals surface area contributed by atoms with Gasteiger partial charge in [0.2, 0.25) is 0 Å². The molecule has 0 aromatic heterocycles. The second-order valence-corrected chi connectivity index (χ2v) is 3.41. The Kier molecular flexibility index (Phi) is 2.32. The Morgan fingerprint density at radius 2 is 2.50 bits per heavy atom. The average Bonchev–Trinajstić information content (AvgIpc) is 2.13. The number of amides is 1. The molecule has 0 saturated heterocycles. The van der Waals surface area contributed by atoms with Crippen LogP contribution < -0.4 is 5.73 Å². The molecular weight excluding hydrogens is 148 g/mol. The standard InChI is InChI=1S/C6H10N2OS/c1-2-3-4-5(9)8-6(7)10-4/h4H,2-3H2,1H3,(H2,7,8,9). The molecule has 1 amide bonds. The highest BCUT2D eigenvalue weighted by Crippen LogP contribution is 2.23. The van der Waals surface area contributed by atoms with Crippen molar-refractivity contribution in [3.05, 3.63) is 0 Å². The Balaban J connectivity index is 2.47. The van der Waals surface area contributed by atoms with E-state index >= 15 is 0 Å². The van der Waals surface area contributed by atoms with Gasteiger partial charge in [-0.25, -0.2) is 0 Å². The first-order valence-electron chi connectivity index (χ1n) is 3.28. The molecule has 3 nitrogen and oxygen atoms in total. The van der Waals surface area contributed by atoms with Crippen LogP contribution in [0.5, 0.6) is 0 Å². The quantitative estimate of drug-likeness (QED) is 0.645. The van der Waals surface area contributed by atoms with Crippen molar-refractivity contribution in [2.24, 2.45) is 10.7 Å². The first-order chi connectivity index (χ1) is 4.74. The minimum atomic E-state index is -0.0654. The molecule has 10 heavy (non-hydrogen) atoms. The molecule has 1 aliphatic heterocycles. The van der Waals surface area contributed by atoms with Crippen molar-refractivity contribution in [1.29, 1.82) is 0 Å². The van der Waals surface area contributed by atoms with Crippen LogP contribution in [0.15, 0.2) is 4.99 Å². The van der Waals surface area contributed by atoms with E-state index in [2.05, 4.69) is 4.99 Å². The van der Waals surface area contributed by atoms with Gasteiger partial charge in [-0.2, -0.15) is 4.99 Å². The molecule has 0 radical (unpaired) electrons. The molecular formula is C6H10N2OS. The summed E-state index contributed by atoms with van der Waals surface area (Å²) in [5.74, 6) is -0.0654. The zero-order valence-corrected chi connectivity index (χ0v) is 6.65. The van der Waals surface area contributed by atoms with Crippen LogP contribution in [-0.4, -0.2) is 16.3 Å². The van der Waals surface area contributed by atoms with Gasteiger partial charge in [-0.1, -0.05) is 25.1 Å². The maximum atomic E-state index is 10.9. The number of rotatable bonds is 2. The third-order valence-corrected chi connectivity index (χ3v) is 2.36. The van der Waals surface area contributed by atoms with Gasteiger partial charge < -0.3 is 5.73 Å². The van der Waals surface area contributed by atoms with Gasteiger partial charge in [0.25, 0.3) is 5.91 Å². The van der Waals surface area contributed by atoms with Gasteiger partial charge in [0, 0.05) is 0 Å². The summed E-state index contributed by atoms with van der Waals surface area (Å²) in [5.41, 5.74) is 5.34. The second-order valence-electron chi connectivity index (χ2n) is 2.18. The third-order valence-electron chi connectivity index (χ3n) is 1.31. The fourth-order valence-electron chi connectivity index (χ4n) is 0.848. The van der Waals surface area contributed by atoms with Crippen molar-refractivity contribution >= 4 is 22.8 Å². The van der Waals surface area contributed by atoms with Crippen LogP contribution in [0.2, 0.25) is 0 Å². The molecule has 0 aromatic rings. The number of hydrogen-bond acceptors (Lipinski definition) is 3. The highest BCUT2D eigenvalue weighted by molar-refractivity contribution is 8.15. The summed E-state index contributed by atoms with van der Waals surface area (Å²) in [6.45, 7) is 2.04. The van der Waals surface area contributed by atoms with Crippen LogP contribution in [0.1, 0.15) is 19.8 Å². The van der Waals surface area contributed by atoms with E-state index in [1.54, 1.807) is 0 Å². The average molecular weight is 158 g/mol. The Labute approximate surface area is 64.1 Å². The van der Waals surface area contributed by atoms with Crippen LogP contribution in [0.25, 0.3) is 0 Å². The lowest BCUT2D eigenvalue weighted by Crippen LogP contribution is -2.09. The van der Waals surface area contributed by atoms with Crippen molar-refractivity contribution in [2.45, 2.75) is 25.0 Å².